The molecule has 0 aliphatic carbocycles. The van der Waals surface area contributed by atoms with Gasteiger partial charge in [-0.1, -0.05) is 12.1 Å². The van der Waals surface area contributed by atoms with E-state index in [2.05, 4.69) is 9.97 Å². The molecule has 1 saturated heterocycles. The van der Waals surface area contributed by atoms with Crippen molar-refractivity contribution in [2.75, 3.05) is 13.1 Å². The predicted molar refractivity (Wildman–Crippen MR) is 95.6 cm³/mol. The number of rotatable bonds is 5. The van der Waals surface area contributed by atoms with E-state index < -0.39 is 10.0 Å². The average molecular weight is 375 g/mol. The van der Waals surface area contributed by atoms with E-state index in [1.54, 1.807) is 31.3 Å². The third-order valence-electron chi connectivity index (χ3n) is 4.26. The lowest BCUT2D eigenvalue weighted by molar-refractivity contribution is 0.101. The Balaban J connectivity index is 1.78. The zero-order valence-corrected chi connectivity index (χ0v) is 15.6. The van der Waals surface area contributed by atoms with E-state index in [0.717, 1.165) is 6.42 Å². The van der Waals surface area contributed by atoms with Crippen LogP contribution in [-0.2, 0) is 10.0 Å². The van der Waals surface area contributed by atoms with E-state index >= 15 is 0 Å². The molecule has 1 unspecified atom stereocenters. The fraction of sp³-hybridized carbons (Fsp3) is 0.389. The van der Waals surface area contributed by atoms with Gasteiger partial charge in [0, 0.05) is 24.4 Å². The van der Waals surface area contributed by atoms with E-state index in [0.29, 0.717) is 30.2 Å². The van der Waals surface area contributed by atoms with Crippen LogP contribution in [-0.4, -0.2) is 47.7 Å². The number of ketones is 1. The second-order valence-electron chi connectivity index (χ2n) is 6.27. The number of carbonyl (C=O) groups is 1. The van der Waals surface area contributed by atoms with Gasteiger partial charge in [0.2, 0.25) is 15.9 Å². The Labute approximate surface area is 153 Å². The fourth-order valence-corrected chi connectivity index (χ4v) is 4.47. The zero-order chi connectivity index (χ0) is 18.7. The maximum Gasteiger partial charge on any atom is 0.243 e. The van der Waals surface area contributed by atoms with Gasteiger partial charge in [-0.25, -0.2) is 13.4 Å². The molecule has 0 spiro atoms. The van der Waals surface area contributed by atoms with Gasteiger partial charge in [0.25, 0.3) is 0 Å². The average Bonchev–Trinajstić information content (AvgIpc) is 2.62. The maximum absolute atomic E-state index is 12.9. The van der Waals surface area contributed by atoms with Gasteiger partial charge in [-0.3, -0.25) is 4.79 Å². The summed E-state index contributed by atoms with van der Waals surface area (Å²) < 4.78 is 33.2. The molecule has 1 aromatic heterocycles. The Morgan fingerprint density at radius 2 is 2.12 bits per heavy atom. The van der Waals surface area contributed by atoms with Crippen LogP contribution in [0.5, 0.6) is 5.88 Å². The Morgan fingerprint density at radius 1 is 1.31 bits per heavy atom. The van der Waals surface area contributed by atoms with Crippen molar-refractivity contribution in [2.24, 2.45) is 0 Å². The van der Waals surface area contributed by atoms with Gasteiger partial charge in [0.05, 0.1) is 11.4 Å². The maximum atomic E-state index is 12.9. The standard InChI is InChI=1S/C18H21N3O4S/c1-13(22)15-5-3-7-17(11-15)26(23,24)21-10-4-6-16(12-21)25-18-8-9-19-14(2)20-18/h3,5,7-9,11,16H,4,6,10,12H2,1-2H3. The quantitative estimate of drug-likeness (QED) is 0.745. The molecule has 1 atom stereocenters. The number of Topliss-reactive ketones (excluding diaryl/α,β-unsaturated/α-hetero) is 1. The molecule has 26 heavy (non-hydrogen) atoms. The summed E-state index contributed by atoms with van der Waals surface area (Å²) in [5, 5.41) is 0. The lowest BCUT2D eigenvalue weighted by atomic mass is 10.1. The molecule has 1 fully saturated rings. The second-order valence-corrected chi connectivity index (χ2v) is 8.21. The van der Waals surface area contributed by atoms with Gasteiger partial charge >= 0.3 is 0 Å². The van der Waals surface area contributed by atoms with Crippen molar-refractivity contribution in [2.45, 2.75) is 37.7 Å². The highest BCUT2D eigenvalue weighted by Crippen LogP contribution is 2.23. The SMILES string of the molecule is CC(=O)c1cccc(S(=O)(=O)N2CCCC(Oc3ccnc(C)n3)C2)c1. The third kappa shape index (κ3) is 4.08. The molecule has 7 nitrogen and oxygen atoms in total. The summed E-state index contributed by atoms with van der Waals surface area (Å²) in [6.07, 6.45) is 2.79. The minimum atomic E-state index is -3.68. The molecule has 0 amide bonds. The minimum absolute atomic E-state index is 0.128. The van der Waals surface area contributed by atoms with Crippen molar-refractivity contribution >= 4 is 15.8 Å². The molecular weight excluding hydrogens is 354 g/mol. The number of hydrogen-bond donors (Lipinski definition) is 0. The summed E-state index contributed by atoms with van der Waals surface area (Å²) in [6.45, 7) is 3.86. The summed E-state index contributed by atoms with van der Waals surface area (Å²) in [5.74, 6) is 0.880. The van der Waals surface area contributed by atoms with Gasteiger partial charge in [-0.15, -0.1) is 0 Å². The molecule has 0 saturated carbocycles. The Kier molecular flexibility index (Phi) is 5.33. The smallest absolute Gasteiger partial charge is 0.243 e. The van der Waals surface area contributed by atoms with Crippen molar-refractivity contribution in [3.8, 4) is 5.88 Å². The van der Waals surface area contributed by atoms with Crippen LogP contribution in [0.1, 0.15) is 35.9 Å². The van der Waals surface area contributed by atoms with Crippen LogP contribution in [0, 0.1) is 6.92 Å². The Morgan fingerprint density at radius 3 is 2.85 bits per heavy atom. The Bertz CT molecular complexity index is 914. The van der Waals surface area contributed by atoms with E-state index in [4.69, 9.17) is 4.74 Å². The number of piperidine rings is 1. The van der Waals surface area contributed by atoms with E-state index in [1.165, 1.54) is 23.4 Å². The number of sulfonamides is 1. The molecule has 1 aliphatic heterocycles. The van der Waals surface area contributed by atoms with Crippen molar-refractivity contribution in [1.82, 2.24) is 14.3 Å². The monoisotopic (exact) mass is 375 g/mol. The predicted octanol–water partition coefficient (Wildman–Crippen LogP) is 2.22. The number of hydrogen-bond acceptors (Lipinski definition) is 6. The number of aryl methyl sites for hydroxylation is 1. The van der Waals surface area contributed by atoms with Crippen LogP contribution in [0.25, 0.3) is 0 Å². The summed E-state index contributed by atoms with van der Waals surface area (Å²) in [4.78, 5) is 19.9. The number of nitrogens with zero attached hydrogens (tertiary/aromatic N) is 3. The lowest BCUT2D eigenvalue weighted by Crippen LogP contribution is -2.44. The largest absolute Gasteiger partial charge is 0.473 e. The number of benzene rings is 1. The molecule has 2 heterocycles. The van der Waals surface area contributed by atoms with Crippen molar-refractivity contribution in [1.29, 1.82) is 0 Å². The molecule has 3 rings (SSSR count). The highest BCUT2D eigenvalue weighted by Gasteiger charge is 2.31. The first kappa shape index (κ1) is 18.5. The van der Waals surface area contributed by atoms with Crippen LogP contribution in [0.15, 0.2) is 41.4 Å². The molecule has 0 bridgehead atoms. The molecule has 0 N–H and O–H groups in total. The fourth-order valence-electron chi connectivity index (χ4n) is 2.92. The summed E-state index contributed by atoms with van der Waals surface area (Å²) in [7, 11) is -3.68. The van der Waals surface area contributed by atoms with Crippen molar-refractivity contribution in [3.05, 3.63) is 47.9 Å². The zero-order valence-electron chi connectivity index (χ0n) is 14.8. The number of ether oxygens (including phenoxy) is 1. The molecule has 138 valence electrons. The van der Waals surface area contributed by atoms with E-state index in [9.17, 15) is 13.2 Å². The van der Waals surface area contributed by atoms with Gasteiger partial charge in [-0.05, 0) is 38.8 Å². The van der Waals surface area contributed by atoms with Gasteiger partial charge < -0.3 is 4.74 Å². The highest BCUT2D eigenvalue weighted by molar-refractivity contribution is 7.89. The van der Waals surface area contributed by atoms with Crippen LogP contribution in [0.3, 0.4) is 0 Å². The van der Waals surface area contributed by atoms with Crippen molar-refractivity contribution in [3.63, 3.8) is 0 Å². The lowest BCUT2D eigenvalue weighted by Gasteiger charge is -2.31. The first-order valence-corrected chi connectivity index (χ1v) is 9.88. The summed E-state index contributed by atoms with van der Waals surface area (Å²) >= 11 is 0. The van der Waals surface area contributed by atoms with Crippen LogP contribution < -0.4 is 4.74 Å². The van der Waals surface area contributed by atoms with Crippen LogP contribution in [0.4, 0.5) is 0 Å². The van der Waals surface area contributed by atoms with Gasteiger partial charge in [-0.2, -0.15) is 9.29 Å². The number of aromatic nitrogens is 2. The molecular formula is C18H21N3O4S. The first-order chi connectivity index (χ1) is 12.4. The first-order valence-electron chi connectivity index (χ1n) is 8.44. The van der Waals surface area contributed by atoms with Crippen molar-refractivity contribution < 1.29 is 17.9 Å². The molecule has 8 heteroatoms. The van der Waals surface area contributed by atoms with Crippen LogP contribution in [0.2, 0.25) is 0 Å². The van der Waals surface area contributed by atoms with E-state index in [1.807, 2.05) is 0 Å². The Hall–Kier alpha value is -2.32. The molecule has 1 aliphatic rings. The second kappa shape index (κ2) is 7.51. The molecule has 1 aromatic carbocycles. The summed E-state index contributed by atoms with van der Waals surface area (Å²) in [6, 6.07) is 7.80. The normalized spacial score (nSPS) is 18.5. The molecule has 0 radical (unpaired) electrons. The third-order valence-corrected chi connectivity index (χ3v) is 6.12. The van der Waals surface area contributed by atoms with Gasteiger partial charge in [0.15, 0.2) is 5.78 Å². The van der Waals surface area contributed by atoms with Crippen LogP contribution >= 0.6 is 0 Å². The molecule has 2 aromatic rings. The minimum Gasteiger partial charge on any atom is -0.473 e. The van der Waals surface area contributed by atoms with E-state index in [-0.39, 0.29) is 23.3 Å². The highest BCUT2D eigenvalue weighted by atomic mass is 32.2. The summed E-state index contributed by atoms with van der Waals surface area (Å²) in [5.41, 5.74) is 0.382. The van der Waals surface area contributed by atoms with Gasteiger partial charge in [0.1, 0.15) is 11.9 Å². The topological polar surface area (TPSA) is 89.5 Å². The number of carbonyl (C=O) groups excluding carboxylic acids is 1.